The summed E-state index contributed by atoms with van der Waals surface area (Å²) < 4.78 is 0. The van der Waals surface area contributed by atoms with E-state index in [1.54, 1.807) is 0 Å². The fraction of sp³-hybridized carbons (Fsp3) is 1.00. The van der Waals surface area contributed by atoms with Gasteiger partial charge < -0.3 is 9.80 Å². The van der Waals surface area contributed by atoms with E-state index in [1.165, 1.54) is 32.5 Å². The highest BCUT2D eigenvalue weighted by Crippen LogP contribution is 2.19. The summed E-state index contributed by atoms with van der Waals surface area (Å²) in [5, 5.41) is 1.13. The van der Waals surface area contributed by atoms with Crippen molar-refractivity contribution in [3.8, 4) is 0 Å². The molecule has 0 aromatic carbocycles. The van der Waals surface area contributed by atoms with E-state index in [9.17, 15) is 0 Å². The molecule has 3 heteroatoms. The van der Waals surface area contributed by atoms with Crippen LogP contribution >= 0.6 is 15.9 Å². The van der Waals surface area contributed by atoms with E-state index in [0.717, 1.165) is 23.2 Å². The largest absolute Gasteiger partial charge is 0.306 e. The Morgan fingerprint density at radius 3 is 2.31 bits per heavy atom. The van der Waals surface area contributed by atoms with Crippen molar-refractivity contribution >= 4 is 15.9 Å². The highest BCUT2D eigenvalue weighted by Gasteiger charge is 2.23. The molecule has 1 saturated heterocycles. The number of nitrogens with zero attached hydrogens (tertiary/aromatic N) is 2. The highest BCUT2D eigenvalue weighted by atomic mass is 79.9. The molecule has 0 amide bonds. The number of likely N-dealkylation sites (tertiary alicyclic amines) is 1. The molecule has 0 saturated carbocycles. The van der Waals surface area contributed by atoms with Crippen molar-refractivity contribution in [2.45, 2.75) is 32.7 Å². The average molecular weight is 291 g/mol. The predicted molar refractivity (Wildman–Crippen MR) is 75.3 cm³/mol. The van der Waals surface area contributed by atoms with Gasteiger partial charge in [-0.15, -0.1) is 0 Å². The molecule has 16 heavy (non-hydrogen) atoms. The molecule has 1 rings (SSSR count). The van der Waals surface area contributed by atoms with Crippen molar-refractivity contribution in [2.24, 2.45) is 11.8 Å². The van der Waals surface area contributed by atoms with Gasteiger partial charge in [-0.2, -0.15) is 0 Å². The fourth-order valence-corrected chi connectivity index (χ4v) is 3.34. The zero-order chi connectivity index (χ0) is 12.1. The molecule has 0 bridgehead atoms. The number of alkyl halides is 1. The van der Waals surface area contributed by atoms with Crippen LogP contribution in [-0.4, -0.2) is 54.9 Å². The summed E-state index contributed by atoms with van der Waals surface area (Å²) in [5.41, 5.74) is 0. The van der Waals surface area contributed by atoms with Crippen molar-refractivity contribution in [3.05, 3.63) is 0 Å². The first-order valence-corrected chi connectivity index (χ1v) is 7.61. The Balaban J connectivity index is 2.36. The Morgan fingerprint density at radius 2 is 1.88 bits per heavy atom. The lowest BCUT2D eigenvalue weighted by Gasteiger charge is -2.37. The normalized spacial score (nSPS) is 21.9. The molecular formula is C13H27BrN2. The summed E-state index contributed by atoms with van der Waals surface area (Å²) in [6.07, 6.45) is 2.67. The maximum atomic E-state index is 3.64. The number of piperidine rings is 1. The van der Waals surface area contributed by atoms with Crippen LogP contribution < -0.4 is 0 Å². The lowest BCUT2D eigenvalue weighted by molar-refractivity contribution is 0.124. The van der Waals surface area contributed by atoms with Crippen LogP contribution in [0.3, 0.4) is 0 Å². The molecule has 0 aromatic rings. The van der Waals surface area contributed by atoms with Crippen molar-refractivity contribution in [2.75, 3.05) is 39.1 Å². The lowest BCUT2D eigenvalue weighted by Crippen LogP contribution is -2.44. The molecule has 0 aromatic heterocycles. The Morgan fingerprint density at radius 1 is 1.31 bits per heavy atom. The average Bonchev–Trinajstić information content (AvgIpc) is 2.26. The van der Waals surface area contributed by atoms with E-state index in [0.29, 0.717) is 0 Å². The second-order valence-electron chi connectivity index (χ2n) is 5.63. The Labute approximate surface area is 109 Å². The summed E-state index contributed by atoms with van der Waals surface area (Å²) in [4.78, 5) is 5.02. The second kappa shape index (κ2) is 6.97. The zero-order valence-corrected chi connectivity index (χ0v) is 12.8. The molecule has 0 N–H and O–H groups in total. The zero-order valence-electron chi connectivity index (χ0n) is 11.2. The van der Waals surface area contributed by atoms with Gasteiger partial charge in [0, 0.05) is 17.9 Å². The third-order valence-corrected chi connectivity index (χ3v) is 4.81. The van der Waals surface area contributed by atoms with Crippen molar-refractivity contribution in [3.63, 3.8) is 0 Å². The van der Waals surface area contributed by atoms with E-state index in [1.807, 2.05) is 0 Å². The predicted octanol–water partition coefficient (Wildman–Crippen LogP) is 2.68. The summed E-state index contributed by atoms with van der Waals surface area (Å²) in [5.74, 6) is 1.55. The van der Waals surface area contributed by atoms with Gasteiger partial charge in [0.25, 0.3) is 0 Å². The number of hydrogen-bond donors (Lipinski definition) is 0. The van der Waals surface area contributed by atoms with E-state index < -0.39 is 0 Å². The van der Waals surface area contributed by atoms with E-state index in [4.69, 9.17) is 0 Å². The molecule has 0 spiro atoms. The van der Waals surface area contributed by atoms with Crippen LogP contribution in [0.5, 0.6) is 0 Å². The molecule has 2 nitrogen and oxygen atoms in total. The van der Waals surface area contributed by atoms with Crippen LogP contribution in [0.25, 0.3) is 0 Å². The minimum atomic E-state index is 0.771. The highest BCUT2D eigenvalue weighted by molar-refractivity contribution is 9.09. The summed E-state index contributed by atoms with van der Waals surface area (Å²) >= 11 is 3.64. The number of halogens is 1. The molecule has 1 heterocycles. The minimum absolute atomic E-state index is 0.771. The van der Waals surface area contributed by atoms with Crippen LogP contribution in [0.1, 0.15) is 26.7 Å². The van der Waals surface area contributed by atoms with Gasteiger partial charge in [0.05, 0.1) is 0 Å². The molecule has 1 atom stereocenters. The molecule has 1 aliphatic heterocycles. The standard InChI is InChI=1S/C13H27BrN2/c1-11(2)12(9-14)10-16(4)13-5-7-15(3)8-6-13/h11-13H,5-10H2,1-4H3. The molecular weight excluding hydrogens is 264 g/mol. The quantitative estimate of drug-likeness (QED) is 0.719. The number of rotatable bonds is 5. The maximum Gasteiger partial charge on any atom is 0.0117 e. The van der Waals surface area contributed by atoms with Crippen LogP contribution in [0.4, 0.5) is 0 Å². The Bertz CT molecular complexity index is 188. The lowest BCUT2D eigenvalue weighted by atomic mass is 9.95. The summed E-state index contributed by atoms with van der Waals surface area (Å²) in [7, 11) is 4.53. The van der Waals surface area contributed by atoms with Gasteiger partial charge in [-0.05, 0) is 51.9 Å². The van der Waals surface area contributed by atoms with Gasteiger partial charge >= 0.3 is 0 Å². The first kappa shape index (κ1) is 14.5. The van der Waals surface area contributed by atoms with Crippen molar-refractivity contribution in [1.29, 1.82) is 0 Å². The van der Waals surface area contributed by atoms with Gasteiger partial charge in [0.2, 0.25) is 0 Å². The second-order valence-corrected chi connectivity index (χ2v) is 6.28. The number of hydrogen-bond acceptors (Lipinski definition) is 2. The van der Waals surface area contributed by atoms with Gasteiger partial charge in [-0.1, -0.05) is 29.8 Å². The topological polar surface area (TPSA) is 6.48 Å². The van der Waals surface area contributed by atoms with Crippen molar-refractivity contribution in [1.82, 2.24) is 9.80 Å². The van der Waals surface area contributed by atoms with Crippen LogP contribution in [0.2, 0.25) is 0 Å². The van der Waals surface area contributed by atoms with Crippen molar-refractivity contribution < 1.29 is 0 Å². The Hall–Kier alpha value is 0.400. The van der Waals surface area contributed by atoms with Gasteiger partial charge in [0.15, 0.2) is 0 Å². The van der Waals surface area contributed by atoms with Crippen LogP contribution in [0, 0.1) is 11.8 Å². The monoisotopic (exact) mass is 290 g/mol. The molecule has 1 aliphatic rings. The SMILES string of the molecule is CC(C)C(CBr)CN(C)C1CCN(C)CC1. The van der Waals surface area contributed by atoms with E-state index in [-0.39, 0.29) is 0 Å². The summed E-state index contributed by atoms with van der Waals surface area (Å²) in [6, 6.07) is 0.802. The molecule has 0 radical (unpaired) electrons. The first-order valence-electron chi connectivity index (χ1n) is 6.49. The molecule has 96 valence electrons. The smallest absolute Gasteiger partial charge is 0.0117 e. The van der Waals surface area contributed by atoms with Gasteiger partial charge in [-0.25, -0.2) is 0 Å². The minimum Gasteiger partial charge on any atom is -0.306 e. The first-order chi connectivity index (χ1) is 7.54. The molecule has 1 fully saturated rings. The third-order valence-electron chi connectivity index (χ3n) is 3.97. The van der Waals surface area contributed by atoms with E-state index in [2.05, 4.69) is 53.7 Å². The van der Waals surface area contributed by atoms with Gasteiger partial charge in [0.1, 0.15) is 0 Å². The van der Waals surface area contributed by atoms with Crippen LogP contribution in [-0.2, 0) is 0 Å². The fourth-order valence-electron chi connectivity index (χ4n) is 2.39. The summed E-state index contributed by atoms with van der Waals surface area (Å²) in [6.45, 7) is 8.41. The third kappa shape index (κ3) is 4.34. The maximum absolute atomic E-state index is 3.64. The molecule has 1 unspecified atom stereocenters. The van der Waals surface area contributed by atoms with Crippen LogP contribution in [0.15, 0.2) is 0 Å². The van der Waals surface area contributed by atoms with Gasteiger partial charge in [-0.3, -0.25) is 0 Å². The molecule has 0 aliphatic carbocycles. The Kier molecular flexibility index (Phi) is 6.30. The van der Waals surface area contributed by atoms with E-state index >= 15 is 0 Å².